The molecule has 1 N–H and O–H groups in total. The summed E-state index contributed by atoms with van der Waals surface area (Å²) in [7, 11) is 1.93. The zero-order valence-corrected chi connectivity index (χ0v) is 13.9. The standard InChI is InChI=1S/C16H18N4O2S/c1-10(21)12-4-3-5-13(8-12)17-14(22)9-23-16-19-18-15(20(16)2)11-6-7-11/h3-5,8,11H,6-7,9H2,1-2H3,(H,17,22). The lowest BCUT2D eigenvalue weighted by Crippen LogP contribution is -2.14. The van der Waals surface area contributed by atoms with Gasteiger partial charge in [0.25, 0.3) is 0 Å². The summed E-state index contributed by atoms with van der Waals surface area (Å²) in [4.78, 5) is 23.4. The average Bonchev–Trinajstić information content (AvgIpc) is 3.29. The van der Waals surface area contributed by atoms with Crippen molar-refractivity contribution in [3.05, 3.63) is 35.7 Å². The van der Waals surface area contributed by atoms with Gasteiger partial charge in [-0.25, -0.2) is 0 Å². The number of nitrogens with zero attached hydrogens (tertiary/aromatic N) is 3. The Labute approximate surface area is 138 Å². The number of carbonyl (C=O) groups is 2. The predicted molar refractivity (Wildman–Crippen MR) is 88.8 cm³/mol. The van der Waals surface area contributed by atoms with Crippen LogP contribution in [0.1, 0.15) is 41.9 Å². The number of rotatable bonds is 6. The minimum atomic E-state index is -0.133. The highest BCUT2D eigenvalue weighted by Gasteiger charge is 2.29. The number of hydrogen-bond donors (Lipinski definition) is 1. The van der Waals surface area contributed by atoms with E-state index in [0.29, 0.717) is 17.2 Å². The second-order valence-corrected chi connectivity index (χ2v) is 6.59. The third kappa shape index (κ3) is 3.79. The van der Waals surface area contributed by atoms with Crippen molar-refractivity contribution in [2.45, 2.75) is 30.8 Å². The maximum atomic E-state index is 12.1. The van der Waals surface area contributed by atoms with Crippen molar-refractivity contribution in [3.8, 4) is 0 Å². The van der Waals surface area contributed by atoms with Crippen LogP contribution in [-0.2, 0) is 11.8 Å². The van der Waals surface area contributed by atoms with Crippen molar-refractivity contribution in [1.29, 1.82) is 0 Å². The van der Waals surface area contributed by atoms with E-state index in [9.17, 15) is 9.59 Å². The molecule has 1 fully saturated rings. The van der Waals surface area contributed by atoms with Gasteiger partial charge in [-0.2, -0.15) is 0 Å². The number of Topliss-reactive ketones (excluding diaryl/α,β-unsaturated/α-hetero) is 1. The molecule has 1 aliphatic rings. The molecular formula is C16H18N4O2S. The predicted octanol–water partition coefficient (Wildman–Crippen LogP) is 2.63. The molecule has 2 aromatic rings. The van der Waals surface area contributed by atoms with Crippen molar-refractivity contribution in [1.82, 2.24) is 14.8 Å². The molecule has 23 heavy (non-hydrogen) atoms. The first kappa shape index (κ1) is 15.7. The van der Waals surface area contributed by atoms with Crippen LogP contribution in [0, 0.1) is 0 Å². The molecule has 7 heteroatoms. The summed E-state index contributed by atoms with van der Waals surface area (Å²) in [5.74, 6) is 1.63. The molecule has 0 saturated heterocycles. The first-order valence-electron chi connectivity index (χ1n) is 7.47. The smallest absolute Gasteiger partial charge is 0.234 e. The second-order valence-electron chi connectivity index (χ2n) is 5.65. The SMILES string of the molecule is CC(=O)c1cccc(NC(=O)CSc2nnc(C3CC3)n2C)c1. The number of hydrogen-bond acceptors (Lipinski definition) is 5. The molecule has 0 unspecified atom stereocenters. The van der Waals surface area contributed by atoms with Gasteiger partial charge >= 0.3 is 0 Å². The Morgan fingerprint density at radius 2 is 2.13 bits per heavy atom. The number of nitrogens with one attached hydrogen (secondary N) is 1. The molecule has 1 amide bonds. The number of amides is 1. The summed E-state index contributed by atoms with van der Waals surface area (Å²) in [6, 6.07) is 6.93. The Bertz CT molecular complexity index is 752. The molecule has 1 aliphatic carbocycles. The maximum Gasteiger partial charge on any atom is 0.234 e. The van der Waals surface area contributed by atoms with Gasteiger partial charge in [0.05, 0.1) is 5.75 Å². The molecule has 0 atom stereocenters. The van der Waals surface area contributed by atoms with E-state index in [2.05, 4.69) is 15.5 Å². The van der Waals surface area contributed by atoms with E-state index in [1.54, 1.807) is 24.3 Å². The van der Waals surface area contributed by atoms with Crippen molar-refractivity contribution in [2.24, 2.45) is 7.05 Å². The summed E-state index contributed by atoms with van der Waals surface area (Å²) < 4.78 is 1.96. The van der Waals surface area contributed by atoms with Gasteiger partial charge in [0.1, 0.15) is 5.82 Å². The molecule has 0 aliphatic heterocycles. The summed E-state index contributed by atoms with van der Waals surface area (Å²) in [6.45, 7) is 1.50. The van der Waals surface area contributed by atoms with E-state index in [0.717, 1.165) is 11.0 Å². The van der Waals surface area contributed by atoms with Crippen LogP contribution in [0.5, 0.6) is 0 Å². The number of thioether (sulfide) groups is 1. The third-order valence-electron chi connectivity index (χ3n) is 3.70. The Hall–Kier alpha value is -2.15. The molecule has 3 rings (SSSR count). The zero-order valence-electron chi connectivity index (χ0n) is 13.1. The van der Waals surface area contributed by atoms with E-state index in [4.69, 9.17) is 0 Å². The quantitative estimate of drug-likeness (QED) is 0.651. The molecule has 1 heterocycles. The number of anilines is 1. The van der Waals surface area contributed by atoms with Crippen LogP contribution in [-0.4, -0.2) is 32.2 Å². The van der Waals surface area contributed by atoms with E-state index in [1.807, 2.05) is 11.6 Å². The van der Waals surface area contributed by atoms with Crippen LogP contribution in [0.3, 0.4) is 0 Å². The average molecular weight is 330 g/mol. The maximum absolute atomic E-state index is 12.1. The zero-order chi connectivity index (χ0) is 16.4. The topological polar surface area (TPSA) is 76.9 Å². The molecule has 0 bridgehead atoms. The van der Waals surface area contributed by atoms with Crippen molar-refractivity contribution in [2.75, 3.05) is 11.1 Å². The van der Waals surface area contributed by atoms with Gasteiger partial charge in [0.15, 0.2) is 10.9 Å². The number of ketones is 1. The summed E-state index contributed by atoms with van der Waals surface area (Å²) in [6.07, 6.45) is 2.34. The van der Waals surface area contributed by atoms with E-state index < -0.39 is 0 Å². The van der Waals surface area contributed by atoms with Gasteiger partial charge < -0.3 is 9.88 Å². The van der Waals surface area contributed by atoms with Crippen molar-refractivity contribution >= 4 is 29.1 Å². The lowest BCUT2D eigenvalue weighted by molar-refractivity contribution is -0.113. The molecule has 0 radical (unpaired) electrons. The Morgan fingerprint density at radius 3 is 2.83 bits per heavy atom. The van der Waals surface area contributed by atoms with Crippen molar-refractivity contribution < 1.29 is 9.59 Å². The highest BCUT2D eigenvalue weighted by Crippen LogP contribution is 2.39. The fraction of sp³-hybridized carbons (Fsp3) is 0.375. The summed E-state index contributed by atoms with van der Waals surface area (Å²) >= 11 is 1.36. The molecule has 1 aromatic heterocycles. The summed E-state index contributed by atoms with van der Waals surface area (Å²) in [5, 5.41) is 11.9. The van der Waals surface area contributed by atoms with E-state index >= 15 is 0 Å². The third-order valence-corrected chi connectivity index (χ3v) is 4.72. The van der Waals surface area contributed by atoms with E-state index in [-0.39, 0.29) is 17.4 Å². The molecule has 1 saturated carbocycles. The lowest BCUT2D eigenvalue weighted by Gasteiger charge is -2.06. The van der Waals surface area contributed by atoms with Crippen LogP contribution in [0.15, 0.2) is 29.4 Å². The lowest BCUT2D eigenvalue weighted by atomic mass is 10.1. The molecule has 0 spiro atoms. The van der Waals surface area contributed by atoms with Gasteiger partial charge in [-0.15, -0.1) is 10.2 Å². The van der Waals surface area contributed by atoms with Crippen LogP contribution in [0.25, 0.3) is 0 Å². The Morgan fingerprint density at radius 1 is 1.35 bits per heavy atom. The molecule has 120 valence electrons. The molecular weight excluding hydrogens is 312 g/mol. The number of carbonyl (C=O) groups excluding carboxylic acids is 2. The van der Waals surface area contributed by atoms with Gasteiger partial charge in [0.2, 0.25) is 5.91 Å². The largest absolute Gasteiger partial charge is 0.325 e. The van der Waals surface area contributed by atoms with Crippen LogP contribution < -0.4 is 5.32 Å². The summed E-state index contributed by atoms with van der Waals surface area (Å²) in [5.41, 5.74) is 1.21. The van der Waals surface area contributed by atoms with Gasteiger partial charge in [-0.1, -0.05) is 23.9 Å². The molecule has 6 nitrogen and oxygen atoms in total. The minimum Gasteiger partial charge on any atom is -0.325 e. The van der Waals surface area contributed by atoms with Crippen LogP contribution in [0.4, 0.5) is 5.69 Å². The Balaban J connectivity index is 1.57. The number of benzene rings is 1. The first-order chi connectivity index (χ1) is 11.0. The Kier molecular flexibility index (Phi) is 4.47. The minimum absolute atomic E-state index is 0.0258. The highest BCUT2D eigenvalue weighted by atomic mass is 32.2. The van der Waals surface area contributed by atoms with Crippen LogP contribution >= 0.6 is 11.8 Å². The van der Waals surface area contributed by atoms with Gasteiger partial charge in [-0.05, 0) is 31.9 Å². The normalized spacial score (nSPS) is 13.8. The monoisotopic (exact) mass is 330 g/mol. The fourth-order valence-corrected chi connectivity index (χ4v) is 3.01. The number of aromatic nitrogens is 3. The molecule has 1 aromatic carbocycles. The first-order valence-corrected chi connectivity index (χ1v) is 8.46. The second kappa shape index (κ2) is 6.54. The van der Waals surface area contributed by atoms with Gasteiger partial charge in [-0.3, -0.25) is 9.59 Å². The van der Waals surface area contributed by atoms with Crippen LogP contribution in [0.2, 0.25) is 0 Å². The highest BCUT2D eigenvalue weighted by molar-refractivity contribution is 7.99. The van der Waals surface area contributed by atoms with Gasteiger partial charge in [0, 0.05) is 24.2 Å². The van der Waals surface area contributed by atoms with Crippen molar-refractivity contribution in [3.63, 3.8) is 0 Å². The fourth-order valence-electron chi connectivity index (χ4n) is 2.29. The van der Waals surface area contributed by atoms with E-state index in [1.165, 1.54) is 31.5 Å².